The van der Waals surface area contributed by atoms with Gasteiger partial charge < -0.3 is 15.0 Å². The van der Waals surface area contributed by atoms with Crippen molar-refractivity contribution in [2.24, 2.45) is 0 Å². The molecule has 0 bridgehead atoms. The number of carbonyl (C=O) groups excluding carboxylic acids is 2. The molecule has 1 aliphatic rings. The van der Waals surface area contributed by atoms with Crippen LogP contribution >= 0.6 is 0 Å². The lowest BCUT2D eigenvalue weighted by Crippen LogP contribution is -2.28. The van der Waals surface area contributed by atoms with Gasteiger partial charge in [0.05, 0.1) is 29.0 Å². The van der Waals surface area contributed by atoms with Crippen LogP contribution in [0.1, 0.15) is 31.8 Å². The highest BCUT2D eigenvalue weighted by Crippen LogP contribution is 2.35. The molecule has 5 nitrogen and oxygen atoms in total. The van der Waals surface area contributed by atoms with Crippen LogP contribution in [0, 0.1) is 0 Å². The van der Waals surface area contributed by atoms with Crippen LogP contribution in [0.3, 0.4) is 0 Å². The molecule has 0 unspecified atom stereocenters. The molecular weight excluding hydrogens is 361 g/mol. The Bertz CT molecular complexity index is 881. The Kier molecular flexibility index (Phi) is 5.18. The molecule has 3 rings (SSSR count). The van der Waals surface area contributed by atoms with Crippen LogP contribution in [0.15, 0.2) is 42.5 Å². The molecule has 0 saturated heterocycles. The Morgan fingerprint density at radius 3 is 2.63 bits per heavy atom. The van der Waals surface area contributed by atoms with Gasteiger partial charge in [-0.15, -0.1) is 0 Å². The number of anilines is 1. The van der Waals surface area contributed by atoms with E-state index in [1.54, 1.807) is 12.1 Å². The molecule has 2 amide bonds. The quantitative estimate of drug-likeness (QED) is 0.866. The number of fused-ring (bicyclic) bond motifs is 1. The maximum atomic E-state index is 13.1. The van der Waals surface area contributed by atoms with E-state index >= 15 is 0 Å². The first-order valence-electron chi connectivity index (χ1n) is 8.20. The van der Waals surface area contributed by atoms with E-state index in [2.05, 4.69) is 5.32 Å². The number of amides is 2. The third-order valence-electron chi connectivity index (χ3n) is 4.30. The van der Waals surface area contributed by atoms with Gasteiger partial charge in [-0.25, -0.2) is 0 Å². The number of para-hydroxylation sites is 1. The Morgan fingerprint density at radius 2 is 1.93 bits per heavy atom. The van der Waals surface area contributed by atoms with Gasteiger partial charge in [-0.3, -0.25) is 9.59 Å². The largest absolute Gasteiger partial charge is 0.418 e. The van der Waals surface area contributed by atoms with Crippen LogP contribution in [-0.2, 0) is 17.5 Å². The van der Waals surface area contributed by atoms with Gasteiger partial charge in [-0.05, 0) is 23.8 Å². The van der Waals surface area contributed by atoms with Crippen molar-refractivity contribution in [3.8, 4) is 0 Å². The zero-order valence-corrected chi connectivity index (χ0v) is 14.5. The Morgan fingerprint density at radius 1 is 1.19 bits per heavy atom. The lowest BCUT2D eigenvalue weighted by molar-refractivity contribution is -0.136. The van der Waals surface area contributed by atoms with E-state index in [1.165, 1.54) is 36.3 Å². The summed E-state index contributed by atoms with van der Waals surface area (Å²) < 4.78 is 44.4. The first-order valence-corrected chi connectivity index (χ1v) is 8.20. The molecule has 8 heteroatoms. The maximum absolute atomic E-state index is 13.1. The van der Waals surface area contributed by atoms with Crippen LogP contribution in [0.25, 0.3) is 0 Å². The molecule has 0 aromatic heterocycles. The second-order valence-electron chi connectivity index (χ2n) is 6.06. The van der Waals surface area contributed by atoms with Crippen LogP contribution in [0.5, 0.6) is 0 Å². The topological polar surface area (TPSA) is 58.6 Å². The van der Waals surface area contributed by atoms with Crippen molar-refractivity contribution in [1.29, 1.82) is 0 Å². The van der Waals surface area contributed by atoms with Gasteiger partial charge in [0.15, 0.2) is 0 Å². The van der Waals surface area contributed by atoms with Crippen LogP contribution in [-0.4, -0.2) is 37.0 Å². The van der Waals surface area contributed by atoms with E-state index in [9.17, 15) is 22.8 Å². The van der Waals surface area contributed by atoms with Gasteiger partial charge >= 0.3 is 6.18 Å². The smallest absolute Gasteiger partial charge is 0.383 e. The van der Waals surface area contributed by atoms with Crippen molar-refractivity contribution in [3.05, 3.63) is 64.7 Å². The average molecular weight is 378 g/mol. The van der Waals surface area contributed by atoms with Gasteiger partial charge in [-0.2, -0.15) is 13.2 Å². The second kappa shape index (κ2) is 7.40. The monoisotopic (exact) mass is 378 g/mol. The molecule has 2 aromatic carbocycles. The minimum Gasteiger partial charge on any atom is -0.383 e. The molecule has 1 N–H and O–H groups in total. The molecular formula is C19H17F3N2O3. The predicted octanol–water partition coefficient (Wildman–Crippen LogP) is 3.56. The van der Waals surface area contributed by atoms with E-state index < -0.39 is 17.6 Å². The highest BCUT2D eigenvalue weighted by atomic mass is 19.4. The number of methoxy groups -OCH3 is 1. The van der Waals surface area contributed by atoms with E-state index in [0.29, 0.717) is 25.3 Å². The number of benzene rings is 2. The van der Waals surface area contributed by atoms with Crippen LogP contribution in [0.2, 0.25) is 0 Å². The molecule has 1 aliphatic heterocycles. The molecule has 0 atom stereocenters. The van der Waals surface area contributed by atoms with E-state index in [1.807, 2.05) is 0 Å². The number of hydrogen-bond acceptors (Lipinski definition) is 3. The van der Waals surface area contributed by atoms with E-state index in [0.717, 1.165) is 6.07 Å². The molecule has 0 aliphatic carbocycles. The summed E-state index contributed by atoms with van der Waals surface area (Å²) in [4.78, 5) is 26.8. The highest BCUT2D eigenvalue weighted by molar-refractivity contribution is 6.14. The van der Waals surface area contributed by atoms with Crippen LogP contribution in [0.4, 0.5) is 18.9 Å². The fraction of sp³-hybridized carbons (Fsp3) is 0.263. The van der Waals surface area contributed by atoms with E-state index in [-0.39, 0.29) is 22.7 Å². The predicted molar refractivity (Wildman–Crippen MR) is 92.5 cm³/mol. The first-order chi connectivity index (χ1) is 12.8. The van der Waals surface area contributed by atoms with Gasteiger partial charge in [-0.1, -0.05) is 24.3 Å². The lowest BCUT2D eigenvalue weighted by atomic mass is 10.0. The second-order valence-corrected chi connectivity index (χ2v) is 6.06. The van der Waals surface area contributed by atoms with Crippen molar-refractivity contribution >= 4 is 17.5 Å². The lowest BCUT2D eigenvalue weighted by Gasteiger charge is -2.15. The normalized spacial score (nSPS) is 13.6. The SMILES string of the molecule is COCCN1Cc2cccc(C(=O)Nc3ccccc3C(F)(F)F)c2C1=O. The fourth-order valence-corrected chi connectivity index (χ4v) is 3.02. The molecule has 0 saturated carbocycles. The van der Waals surface area contributed by atoms with Crippen molar-refractivity contribution in [1.82, 2.24) is 4.90 Å². The summed E-state index contributed by atoms with van der Waals surface area (Å²) >= 11 is 0. The van der Waals surface area contributed by atoms with Gasteiger partial charge in [0.1, 0.15) is 0 Å². The van der Waals surface area contributed by atoms with Crippen LogP contribution < -0.4 is 5.32 Å². The Hall–Kier alpha value is -2.87. The molecule has 1 heterocycles. The first kappa shape index (κ1) is 18.9. The molecule has 0 spiro atoms. The summed E-state index contributed by atoms with van der Waals surface area (Å²) in [7, 11) is 1.52. The summed E-state index contributed by atoms with van der Waals surface area (Å²) in [6.45, 7) is 1.04. The number of rotatable bonds is 5. The summed E-state index contributed by atoms with van der Waals surface area (Å²) in [6.07, 6.45) is -4.60. The Labute approximate surface area is 153 Å². The summed E-state index contributed by atoms with van der Waals surface area (Å²) in [5.41, 5.74) is -0.369. The average Bonchev–Trinajstić information content (AvgIpc) is 2.95. The van der Waals surface area contributed by atoms with Gasteiger partial charge in [0.2, 0.25) is 0 Å². The fourth-order valence-electron chi connectivity index (χ4n) is 3.02. The number of alkyl halides is 3. The third kappa shape index (κ3) is 3.80. The molecule has 0 radical (unpaired) electrons. The summed E-state index contributed by atoms with van der Waals surface area (Å²) in [6, 6.07) is 9.48. The summed E-state index contributed by atoms with van der Waals surface area (Å²) in [5, 5.41) is 2.29. The van der Waals surface area contributed by atoms with Crippen molar-refractivity contribution in [2.45, 2.75) is 12.7 Å². The molecule has 27 heavy (non-hydrogen) atoms. The number of nitrogens with zero attached hydrogens (tertiary/aromatic N) is 1. The minimum absolute atomic E-state index is 0.0504. The highest BCUT2D eigenvalue weighted by Gasteiger charge is 2.35. The van der Waals surface area contributed by atoms with Crippen molar-refractivity contribution in [2.75, 3.05) is 25.6 Å². The number of carbonyl (C=O) groups is 2. The third-order valence-corrected chi connectivity index (χ3v) is 4.30. The summed E-state index contributed by atoms with van der Waals surface area (Å²) in [5.74, 6) is -1.10. The van der Waals surface area contributed by atoms with Gasteiger partial charge in [0.25, 0.3) is 11.8 Å². The van der Waals surface area contributed by atoms with Gasteiger partial charge in [0, 0.05) is 20.2 Å². The Balaban J connectivity index is 1.89. The van der Waals surface area contributed by atoms with Crippen molar-refractivity contribution < 1.29 is 27.5 Å². The zero-order chi connectivity index (χ0) is 19.6. The molecule has 2 aromatic rings. The minimum atomic E-state index is -4.60. The number of ether oxygens (including phenoxy) is 1. The zero-order valence-electron chi connectivity index (χ0n) is 14.5. The number of hydrogen-bond donors (Lipinski definition) is 1. The maximum Gasteiger partial charge on any atom is 0.418 e. The molecule has 142 valence electrons. The standard InChI is InChI=1S/C19H17F3N2O3/c1-27-10-9-24-11-12-5-4-6-13(16(12)18(24)26)17(25)23-15-8-3-2-7-14(15)19(20,21)22/h2-8H,9-11H2,1H3,(H,23,25). The molecule has 0 fully saturated rings. The number of nitrogens with one attached hydrogen (secondary N) is 1. The van der Waals surface area contributed by atoms with E-state index in [4.69, 9.17) is 4.74 Å². The number of halogens is 3. The van der Waals surface area contributed by atoms with Crippen molar-refractivity contribution in [3.63, 3.8) is 0 Å².